The van der Waals surface area contributed by atoms with Crippen molar-refractivity contribution in [1.29, 1.82) is 0 Å². The Morgan fingerprint density at radius 3 is 2.26 bits per heavy atom. The van der Waals surface area contributed by atoms with E-state index in [0.29, 0.717) is 12.2 Å². The lowest BCUT2D eigenvalue weighted by atomic mass is 9.67. The molecule has 1 fully saturated rings. The number of hydrogen-bond donors (Lipinski definition) is 6. The molecule has 7 atom stereocenters. The molecular formula is C25H32O10. The fourth-order valence-corrected chi connectivity index (χ4v) is 5.15. The van der Waals surface area contributed by atoms with Gasteiger partial charge in [0.1, 0.15) is 18.3 Å². The Morgan fingerprint density at radius 2 is 1.63 bits per heavy atom. The maximum absolute atomic E-state index is 10.5. The smallest absolute Gasteiger partial charge is 0.186 e. The van der Waals surface area contributed by atoms with Crippen molar-refractivity contribution in [1.82, 2.24) is 0 Å². The van der Waals surface area contributed by atoms with Gasteiger partial charge in [-0.05, 0) is 59.2 Å². The van der Waals surface area contributed by atoms with Gasteiger partial charge in [0.2, 0.25) is 0 Å². The standard InChI is InChI=1S/C25H32O10/c1-32-19-6-12(3-4-17(19)28)22-15-8-18(29)20(33-2)7-13(15)5-14(9-26)16(22)11-34-25-24(31)23(30)21(10-27)35-25/h3-4,6-8,14,16,21-31H,5,9-11H2,1-2H3/t14-,16+,21+,22-,23+,24-,25-/m1/s1. The monoisotopic (exact) mass is 492 g/mol. The topological polar surface area (TPSA) is 158 Å². The summed E-state index contributed by atoms with van der Waals surface area (Å²) in [5.41, 5.74) is 2.45. The van der Waals surface area contributed by atoms with Crippen LogP contribution in [-0.4, -0.2) is 89.3 Å². The molecule has 0 amide bonds. The minimum atomic E-state index is -1.34. The molecule has 1 aliphatic carbocycles. The van der Waals surface area contributed by atoms with Crippen LogP contribution in [0, 0.1) is 11.8 Å². The number of methoxy groups -OCH3 is 2. The SMILES string of the molecule is COc1cc([C@@H]2c3cc(O)c(OC)cc3C[C@H](CO)[C@@H]2CO[C@@H]2O[C@@H](CO)[C@H](O)[C@H]2O)ccc1O. The van der Waals surface area contributed by atoms with Crippen molar-refractivity contribution >= 4 is 0 Å². The zero-order valence-corrected chi connectivity index (χ0v) is 19.6. The number of phenolic OH excluding ortho intramolecular Hbond substituents is 2. The quantitative estimate of drug-likeness (QED) is 0.306. The van der Waals surface area contributed by atoms with E-state index in [4.69, 9.17) is 18.9 Å². The lowest BCUT2D eigenvalue weighted by molar-refractivity contribution is -0.179. The molecule has 1 saturated heterocycles. The molecule has 192 valence electrons. The first-order valence-corrected chi connectivity index (χ1v) is 11.4. The van der Waals surface area contributed by atoms with E-state index in [0.717, 1.165) is 16.7 Å². The summed E-state index contributed by atoms with van der Waals surface area (Å²) in [5, 5.41) is 60.6. The van der Waals surface area contributed by atoms with Crippen LogP contribution in [0.2, 0.25) is 0 Å². The van der Waals surface area contributed by atoms with E-state index in [9.17, 15) is 30.6 Å². The van der Waals surface area contributed by atoms with E-state index in [1.807, 2.05) is 0 Å². The average Bonchev–Trinajstić information content (AvgIpc) is 3.14. The molecule has 0 saturated carbocycles. The maximum Gasteiger partial charge on any atom is 0.186 e. The Bertz CT molecular complexity index is 1030. The number of phenols is 2. The van der Waals surface area contributed by atoms with E-state index in [1.165, 1.54) is 20.3 Å². The van der Waals surface area contributed by atoms with E-state index in [-0.39, 0.29) is 48.2 Å². The number of aliphatic hydroxyl groups excluding tert-OH is 4. The minimum Gasteiger partial charge on any atom is -0.504 e. The van der Waals surface area contributed by atoms with E-state index in [2.05, 4.69) is 0 Å². The minimum absolute atomic E-state index is 0.0251. The summed E-state index contributed by atoms with van der Waals surface area (Å²) >= 11 is 0. The third-order valence-corrected chi connectivity index (χ3v) is 7.04. The van der Waals surface area contributed by atoms with Gasteiger partial charge < -0.3 is 49.6 Å². The molecule has 35 heavy (non-hydrogen) atoms. The molecule has 1 heterocycles. The van der Waals surface area contributed by atoms with E-state index < -0.39 is 31.2 Å². The second kappa shape index (κ2) is 10.6. The molecule has 4 rings (SSSR count). The summed E-state index contributed by atoms with van der Waals surface area (Å²) in [6.45, 7) is -0.582. The molecule has 10 heteroatoms. The third-order valence-electron chi connectivity index (χ3n) is 7.04. The lowest BCUT2D eigenvalue weighted by Gasteiger charge is -2.40. The molecule has 2 aromatic carbocycles. The first kappa shape index (κ1) is 25.5. The number of hydrogen-bond acceptors (Lipinski definition) is 10. The molecule has 0 unspecified atom stereocenters. The summed E-state index contributed by atoms with van der Waals surface area (Å²) < 4.78 is 21.9. The fraction of sp³-hybridized carbons (Fsp3) is 0.520. The van der Waals surface area contributed by atoms with Gasteiger partial charge in [0.15, 0.2) is 29.3 Å². The number of fused-ring (bicyclic) bond motifs is 1. The van der Waals surface area contributed by atoms with Gasteiger partial charge in [0.25, 0.3) is 0 Å². The second-order valence-electron chi connectivity index (χ2n) is 8.98. The molecule has 6 N–H and O–H groups in total. The predicted octanol–water partition coefficient (Wildman–Crippen LogP) is 0.483. The molecule has 2 aromatic rings. The molecule has 2 aliphatic rings. The van der Waals surface area contributed by atoms with Crippen LogP contribution in [0.4, 0.5) is 0 Å². The van der Waals surface area contributed by atoms with Crippen LogP contribution in [0.15, 0.2) is 30.3 Å². The Balaban J connectivity index is 1.73. The number of rotatable bonds is 8. The predicted molar refractivity (Wildman–Crippen MR) is 123 cm³/mol. The largest absolute Gasteiger partial charge is 0.504 e. The van der Waals surface area contributed by atoms with Crippen LogP contribution in [0.1, 0.15) is 22.6 Å². The highest BCUT2D eigenvalue weighted by Gasteiger charge is 2.45. The van der Waals surface area contributed by atoms with Crippen LogP contribution in [0.3, 0.4) is 0 Å². The number of aromatic hydroxyl groups is 2. The van der Waals surface area contributed by atoms with Gasteiger partial charge in [-0.3, -0.25) is 0 Å². The Kier molecular flexibility index (Phi) is 7.70. The third kappa shape index (κ3) is 4.77. The summed E-state index contributed by atoms with van der Waals surface area (Å²) in [6.07, 6.45) is -4.25. The van der Waals surface area contributed by atoms with Crippen LogP contribution >= 0.6 is 0 Å². The zero-order valence-electron chi connectivity index (χ0n) is 19.6. The summed E-state index contributed by atoms with van der Waals surface area (Å²) in [6, 6.07) is 8.34. The number of benzene rings is 2. The van der Waals surface area contributed by atoms with Crippen LogP contribution < -0.4 is 9.47 Å². The van der Waals surface area contributed by atoms with Crippen molar-refractivity contribution in [3.05, 3.63) is 47.0 Å². The normalized spacial score (nSPS) is 30.2. The van der Waals surface area contributed by atoms with Gasteiger partial charge in [-0.15, -0.1) is 0 Å². The van der Waals surface area contributed by atoms with Crippen molar-refractivity contribution in [3.63, 3.8) is 0 Å². The molecule has 10 nitrogen and oxygen atoms in total. The highest BCUT2D eigenvalue weighted by molar-refractivity contribution is 5.53. The first-order chi connectivity index (χ1) is 16.8. The van der Waals surface area contributed by atoms with Crippen LogP contribution in [0.5, 0.6) is 23.0 Å². The van der Waals surface area contributed by atoms with Gasteiger partial charge in [0, 0.05) is 12.5 Å². The van der Waals surface area contributed by atoms with E-state index >= 15 is 0 Å². The van der Waals surface area contributed by atoms with Gasteiger partial charge >= 0.3 is 0 Å². The average molecular weight is 493 g/mol. The Labute approximate surface area is 202 Å². The first-order valence-electron chi connectivity index (χ1n) is 11.4. The van der Waals surface area contributed by atoms with Gasteiger partial charge in [-0.2, -0.15) is 0 Å². The molecule has 0 aromatic heterocycles. The summed E-state index contributed by atoms with van der Waals surface area (Å²) in [5.74, 6) is -0.455. The van der Waals surface area contributed by atoms with Crippen molar-refractivity contribution < 1.29 is 49.6 Å². The van der Waals surface area contributed by atoms with Crippen molar-refractivity contribution in [2.24, 2.45) is 11.8 Å². The molecule has 0 spiro atoms. The highest BCUT2D eigenvalue weighted by Crippen LogP contribution is 2.48. The molecular weight excluding hydrogens is 460 g/mol. The molecule has 0 bridgehead atoms. The maximum atomic E-state index is 10.5. The Hall–Kier alpha value is -2.60. The van der Waals surface area contributed by atoms with Crippen molar-refractivity contribution in [2.45, 2.75) is 36.9 Å². The second-order valence-corrected chi connectivity index (χ2v) is 8.98. The van der Waals surface area contributed by atoms with Gasteiger partial charge in [0.05, 0.1) is 27.4 Å². The number of aliphatic hydroxyl groups is 4. The summed E-state index contributed by atoms with van der Waals surface area (Å²) in [4.78, 5) is 0. The van der Waals surface area contributed by atoms with Crippen molar-refractivity contribution in [3.8, 4) is 23.0 Å². The van der Waals surface area contributed by atoms with Crippen LogP contribution in [-0.2, 0) is 15.9 Å². The lowest BCUT2D eigenvalue weighted by Crippen LogP contribution is -2.39. The van der Waals surface area contributed by atoms with E-state index in [1.54, 1.807) is 24.3 Å². The highest BCUT2D eigenvalue weighted by atomic mass is 16.7. The fourth-order valence-electron chi connectivity index (χ4n) is 5.15. The van der Waals surface area contributed by atoms with Gasteiger partial charge in [-0.25, -0.2) is 0 Å². The summed E-state index contributed by atoms with van der Waals surface area (Å²) in [7, 11) is 2.91. The van der Waals surface area contributed by atoms with Gasteiger partial charge in [-0.1, -0.05) is 6.07 Å². The number of ether oxygens (including phenoxy) is 4. The van der Waals surface area contributed by atoms with Crippen molar-refractivity contribution in [2.75, 3.05) is 34.0 Å². The molecule has 1 aliphatic heterocycles. The zero-order chi connectivity index (χ0) is 25.3. The molecule has 0 radical (unpaired) electrons. The Morgan fingerprint density at radius 1 is 0.914 bits per heavy atom. The van der Waals surface area contributed by atoms with Crippen LogP contribution in [0.25, 0.3) is 0 Å².